The molecule has 1 aliphatic carbocycles. The lowest BCUT2D eigenvalue weighted by Crippen LogP contribution is -1.97. The second-order valence-electron chi connectivity index (χ2n) is 4.53. The summed E-state index contributed by atoms with van der Waals surface area (Å²) in [6, 6.07) is 12.9. The zero-order valence-corrected chi connectivity index (χ0v) is 10.6. The fourth-order valence-corrected chi connectivity index (χ4v) is 2.59. The summed E-state index contributed by atoms with van der Waals surface area (Å²) < 4.78 is 3.45. The monoisotopic (exact) mass is 275 g/mol. The molecule has 0 saturated heterocycles. The molecule has 1 nitrogen and oxygen atoms in total. The Labute approximate surface area is 104 Å². The number of nitrogens with zero attached hydrogens (tertiary/aromatic N) is 1. The highest BCUT2D eigenvalue weighted by molar-refractivity contribution is 9.10. The van der Waals surface area contributed by atoms with Crippen LogP contribution in [0, 0.1) is 5.92 Å². The van der Waals surface area contributed by atoms with Crippen LogP contribution in [0.5, 0.6) is 0 Å². The van der Waals surface area contributed by atoms with E-state index < -0.39 is 0 Å². The molecule has 3 rings (SSSR count). The van der Waals surface area contributed by atoms with Crippen molar-refractivity contribution in [2.45, 2.75) is 18.9 Å². The third kappa shape index (κ3) is 2.07. The van der Waals surface area contributed by atoms with Gasteiger partial charge in [-0.2, -0.15) is 0 Å². The fourth-order valence-electron chi connectivity index (χ4n) is 2.33. The van der Waals surface area contributed by atoms with Crippen molar-refractivity contribution in [1.82, 2.24) is 4.57 Å². The van der Waals surface area contributed by atoms with E-state index in [1.54, 1.807) is 0 Å². The van der Waals surface area contributed by atoms with E-state index in [1.807, 2.05) is 0 Å². The second-order valence-corrected chi connectivity index (χ2v) is 5.45. The van der Waals surface area contributed by atoms with E-state index in [9.17, 15) is 0 Å². The molecule has 1 saturated carbocycles. The molecule has 1 fully saturated rings. The van der Waals surface area contributed by atoms with Gasteiger partial charge in [-0.15, -0.1) is 0 Å². The van der Waals surface area contributed by atoms with Gasteiger partial charge in [0.15, 0.2) is 0 Å². The molecule has 0 radical (unpaired) electrons. The van der Waals surface area contributed by atoms with Crippen LogP contribution in [0.15, 0.2) is 53.3 Å². The number of halogens is 1. The van der Waals surface area contributed by atoms with E-state index in [-0.39, 0.29) is 0 Å². The summed E-state index contributed by atoms with van der Waals surface area (Å²) >= 11 is 3.47. The zero-order chi connectivity index (χ0) is 11.0. The SMILES string of the molecule is Brc1ccc([C@H]2C[C@H]2Cn2cccc2)cc1. The summed E-state index contributed by atoms with van der Waals surface area (Å²) in [4.78, 5) is 0. The minimum absolute atomic E-state index is 0.774. The summed E-state index contributed by atoms with van der Waals surface area (Å²) in [6.07, 6.45) is 5.63. The molecular weight excluding hydrogens is 262 g/mol. The Kier molecular flexibility index (Phi) is 2.60. The lowest BCUT2D eigenvalue weighted by molar-refractivity contribution is 0.615. The first-order valence-electron chi connectivity index (χ1n) is 5.69. The highest BCUT2D eigenvalue weighted by Crippen LogP contribution is 2.48. The van der Waals surface area contributed by atoms with Gasteiger partial charge in [-0.3, -0.25) is 0 Å². The Morgan fingerprint density at radius 1 is 1.12 bits per heavy atom. The van der Waals surface area contributed by atoms with Crippen LogP contribution >= 0.6 is 15.9 Å². The Balaban J connectivity index is 1.65. The molecule has 16 heavy (non-hydrogen) atoms. The van der Waals surface area contributed by atoms with Crippen molar-refractivity contribution in [3.63, 3.8) is 0 Å². The van der Waals surface area contributed by atoms with Gasteiger partial charge in [-0.25, -0.2) is 0 Å². The van der Waals surface area contributed by atoms with Crippen molar-refractivity contribution >= 4 is 15.9 Å². The largest absolute Gasteiger partial charge is 0.354 e. The lowest BCUT2D eigenvalue weighted by Gasteiger charge is -2.02. The molecule has 2 heteroatoms. The lowest BCUT2D eigenvalue weighted by atomic mass is 10.1. The predicted octanol–water partition coefficient (Wildman–Crippen LogP) is 4.05. The molecule has 2 aromatic rings. The van der Waals surface area contributed by atoms with Crippen LogP contribution in [-0.2, 0) is 6.54 Å². The molecule has 2 atom stereocenters. The van der Waals surface area contributed by atoms with Gasteiger partial charge in [0, 0.05) is 23.4 Å². The fraction of sp³-hybridized carbons (Fsp3) is 0.286. The molecule has 0 N–H and O–H groups in total. The first kappa shape index (κ1) is 10.2. The Morgan fingerprint density at radius 3 is 2.50 bits per heavy atom. The third-order valence-electron chi connectivity index (χ3n) is 3.33. The minimum atomic E-state index is 0.774. The maximum atomic E-state index is 3.47. The van der Waals surface area contributed by atoms with E-state index in [4.69, 9.17) is 0 Å². The number of benzene rings is 1. The van der Waals surface area contributed by atoms with Gasteiger partial charge in [0.25, 0.3) is 0 Å². The number of aromatic nitrogens is 1. The third-order valence-corrected chi connectivity index (χ3v) is 3.86. The van der Waals surface area contributed by atoms with Crippen molar-refractivity contribution in [3.8, 4) is 0 Å². The topological polar surface area (TPSA) is 4.93 Å². The van der Waals surface area contributed by atoms with Crippen LogP contribution in [0.3, 0.4) is 0 Å². The van der Waals surface area contributed by atoms with E-state index in [0.29, 0.717) is 0 Å². The van der Waals surface area contributed by atoms with Gasteiger partial charge in [-0.1, -0.05) is 28.1 Å². The van der Waals surface area contributed by atoms with E-state index in [2.05, 4.69) is 69.3 Å². The van der Waals surface area contributed by atoms with Gasteiger partial charge in [0.1, 0.15) is 0 Å². The molecule has 82 valence electrons. The highest BCUT2D eigenvalue weighted by atomic mass is 79.9. The van der Waals surface area contributed by atoms with Crippen molar-refractivity contribution in [3.05, 3.63) is 58.8 Å². The molecule has 0 aliphatic heterocycles. The van der Waals surface area contributed by atoms with Crippen LogP contribution in [0.25, 0.3) is 0 Å². The summed E-state index contributed by atoms with van der Waals surface area (Å²) in [5.41, 5.74) is 1.49. The van der Waals surface area contributed by atoms with Crippen molar-refractivity contribution in [1.29, 1.82) is 0 Å². The maximum Gasteiger partial charge on any atom is 0.0253 e. The predicted molar refractivity (Wildman–Crippen MR) is 69.4 cm³/mol. The minimum Gasteiger partial charge on any atom is -0.354 e. The van der Waals surface area contributed by atoms with Crippen molar-refractivity contribution in [2.24, 2.45) is 5.92 Å². The van der Waals surface area contributed by atoms with Crippen LogP contribution in [-0.4, -0.2) is 4.57 Å². The quantitative estimate of drug-likeness (QED) is 0.796. The van der Waals surface area contributed by atoms with Crippen LogP contribution in [0.2, 0.25) is 0 Å². The first-order valence-corrected chi connectivity index (χ1v) is 6.48. The number of hydrogen-bond donors (Lipinski definition) is 0. The van der Waals surface area contributed by atoms with Crippen molar-refractivity contribution in [2.75, 3.05) is 0 Å². The van der Waals surface area contributed by atoms with E-state index >= 15 is 0 Å². The van der Waals surface area contributed by atoms with Gasteiger partial charge in [0.2, 0.25) is 0 Å². The molecule has 1 aliphatic rings. The van der Waals surface area contributed by atoms with Gasteiger partial charge >= 0.3 is 0 Å². The van der Waals surface area contributed by atoms with Gasteiger partial charge in [-0.05, 0) is 48.1 Å². The van der Waals surface area contributed by atoms with E-state index in [1.165, 1.54) is 16.5 Å². The molecule has 0 unspecified atom stereocenters. The molecule has 0 spiro atoms. The first-order chi connectivity index (χ1) is 7.83. The molecule has 1 aromatic carbocycles. The van der Waals surface area contributed by atoms with Gasteiger partial charge in [0.05, 0.1) is 0 Å². The van der Waals surface area contributed by atoms with Crippen molar-refractivity contribution < 1.29 is 0 Å². The standard InChI is InChI=1S/C14H14BrN/c15-13-5-3-11(4-6-13)14-9-12(14)10-16-7-1-2-8-16/h1-8,12,14H,9-10H2/t12-,14+/m0/s1. The van der Waals surface area contributed by atoms with E-state index in [0.717, 1.165) is 18.4 Å². The Morgan fingerprint density at radius 2 is 1.81 bits per heavy atom. The summed E-state index contributed by atoms with van der Waals surface area (Å²) in [5, 5.41) is 0. The normalized spacial score (nSPS) is 23.3. The second kappa shape index (κ2) is 4.10. The zero-order valence-electron chi connectivity index (χ0n) is 9.01. The Hall–Kier alpha value is -1.02. The Bertz CT molecular complexity index is 458. The molecule has 1 aromatic heterocycles. The number of hydrogen-bond acceptors (Lipinski definition) is 0. The maximum absolute atomic E-state index is 3.47. The average Bonchev–Trinajstić information content (AvgIpc) is 2.85. The average molecular weight is 276 g/mol. The van der Waals surface area contributed by atoms with Gasteiger partial charge < -0.3 is 4.57 Å². The molecular formula is C14H14BrN. The summed E-state index contributed by atoms with van der Waals surface area (Å²) in [7, 11) is 0. The summed E-state index contributed by atoms with van der Waals surface area (Å²) in [6.45, 7) is 1.16. The molecule has 0 bridgehead atoms. The highest BCUT2D eigenvalue weighted by Gasteiger charge is 2.37. The molecule has 1 heterocycles. The molecule has 0 amide bonds. The van der Waals surface area contributed by atoms with Crippen LogP contribution in [0.4, 0.5) is 0 Å². The number of rotatable bonds is 3. The van der Waals surface area contributed by atoms with Crippen LogP contribution < -0.4 is 0 Å². The van der Waals surface area contributed by atoms with Crippen LogP contribution in [0.1, 0.15) is 17.9 Å². The smallest absolute Gasteiger partial charge is 0.0253 e. The summed E-state index contributed by atoms with van der Waals surface area (Å²) in [5.74, 6) is 1.60.